The van der Waals surface area contributed by atoms with E-state index in [1.54, 1.807) is 6.92 Å². The average Bonchev–Trinajstić information content (AvgIpc) is 2.99. The highest BCUT2D eigenvalue weighted by atomic mass is 19.4. The number of rotatable bonds is 5. The largest absolute Gasteiger partial charge is 0.433 e. The monoisotopic (exact) mass is 402 g/mol. The number of aromatic nitrogens is 3. The van der Waals surface area contributed by atoms with Crippen molar-refractivity contribution in [2.24, 2.45) is 0 Å². The van der Waals surface area contributed by atoms with Crippen LogP contribution in [0.25, 0.3) is 11.7 Å². The lowest BCUT2D eigenvalue weighted by atomic mass is 10.0. The molecule has 0 fully saturated rings. The number of hydrogen-bond donors (Lipinski definition) is 1. The molecule has 0 spiro atoms. The summed E-state index contributed by atoms with van der Waals surface area (Å²) in [5.41, 5.74) is 1.97. The van der Waals surface area contributed by atoms with E-state index >= 15 is 0 Å². The number of carbonyl (C=O) groups is 1. The van der Waals surface area contributed by atoms with Gasteiger partial charge in [0.2, 0.25) is 5.91 Å². The minimum absolute atomic E-state index is 0.0481. The van der Waals surface area contributed by atoms with Gasteiger partial charge >= 0.3 is 6.18 Å². The summed E-state index contributed by atoms with van der Waals surface area (Å²) in [6.45, 7) is 5.53. The first-order valence-electron chi connectivity index (χ1n) is 9.17. The minimum Gasteiger partial charge on any atom is -0.346 e. The van der Waals surface area contributed by atoms with Gasteiger partial charge in [0, 0.05) is 17.8 Å². The molecule has 0 radical (unpaired) electrons. The Morgan fingerprint density at radius 1 is 1.21 bits per heavy atom. The predicted molar refractivity (Wildman–Crippen MR) is 104 cm³/mol. The number of aryl methyl sites for hydroxylation is 2. The third-order valence-corrected chi connectivity index (χ3v) is 4.63. The van der Waals surface area contributed by atoms with Gasteiger partial charge in [0.05, 0.1) is 11.7 Å². The molecule has 0 saturated carbocycles. The molecule has 0 aliphatic carbocycles. The number of hydrogen-bond acceptors (Lipinski definition) is 3. The average molecular weight is 402 g/mol. The molecular formula is C21H21F3N4O. The molecule has 1 aromatic carbocycles. The zero-order valence-electron chi connectivity index (χ0n) is 16.3. The summed E-state index contributed by atoms with van der Waals surface area (Å²) in [5.74, 6) is -0.344. The number of benzene rings is 1. The third-order valence-electron chi connectivity index (χ3n) is 4.63. The SMILES string of the molecule is CC[C@@H](NC(=O)/C=C/c1c(C)nn2c(C(F)(F)F)ccnc12)c1ccc(C)cc1. The van der Waals surface area contributed by atoms with Crippen LogP contribution in [-0.4, -0.2) is 20.5 Å². The quantitative estimate of drug-likeness (QED) is 0.632. The molecule has 0 unspecified atom stereocenters. The summed E-state index contributed by atoms with van der Waals surface area (Å²) < 4.78 is 40.3. The molecule has 5 nitrogen and oxygen atoms in total. The maximum Gasteiger partial charge on any atom is 0.433 e. The van der Waals surface area contributed by atoms with Gasteiger partial charge in [0.25, 0.3) is 0 Å². The first-order valence-corrected chi connectivity index (χ1v) is 9.17. The molecule has 0 aliphatic rings. The van der Waals surface area contributed by atoms with Gasteiger partial charge in [0.15, 0.2) is 5.65 Å². The third kappa shape index (κ3) is 4.47. The Hall–Kier alpha value is -3.16. The Morgan fingerprint density at radius 2 is 1.90 bits per heavy atom. The maximum atomic E-state index is 13.2. The van der Waals surface area contributed by atoms with Crippen LogP contribution in [0.15, 0.2) is 42.6 Å². The molecule has 1 atom stereocenters. The van der Waals surface area contributed by atoms with E-state index in [0.717, 1.165) is 27.9 Å². The molecule has 2 heterocycles. The molecular weight excluding hydrogens is 381 g/mol. The number of carbonyl (C=O) groups excluding carboxylic acids is 1. The first-order chi connectivity index (χ1) is 13.7. The molecule has 1 amide bonds. The van der Waals surface area contributed by atoms with Crippen LogP contribution in [0.5, 0.6) is 0 Å². The highest BCUT2D eigenvalue weighted by Crippen LogP contribution is 2.30. The van der Waals surface area contributed by atoms with Gasteiger partial charge in [-0.3, -0.25) is 4.79 Å². The standard InChI is InChI=1S/C21H21F3N4O/c1-4-17(15-7-5-13(2)6-8-15)26-19(29)10-9-16-14(3)27-28-18(21(22,23)24)11-12-25-20(16)28/h5-12,17H,4H2,1-3H3,(H,26,29)/b10-9+/t17-/m1/s1. The predicted octanol–water partition coefficient (Wildman–Crippen LogP) is 4.65. The van der Waals surface area contributed by atoms with E-state index in [1.807, 2.05) is 38.1 Å². The number of nitrogens with one attached hydrogen (secondary N) is 1. The van der Waals surface area contributed by atoms with E-state index in [-0.39, 0.29) is 17.6 Å². The molecule has 0 bridgehead atoms. The van der Waals surface area contributed by atoms with E-state index in [9.17, 15) is 18.0 Å². The number of nitrogens with zero attached hydrogens (tertiary/aromatic N) is 3. The van der Waals surface area contributed by atoms with Crippen molar-refractivity contribution in [2.45, 2.75) is 39.4 Å². The first kappa shape index (κ1) is 20.6. The number of fused-ring (bicyclic) bond motifs is 1. The van der Waals surface area contributed by atoms with E-state index in [4.69, 9.17) is 0 Å². The van der Waals surface area contributed by atoms with Gasteiger partial charge in [-0.2, -0.15) is 18.3 Å². The normalized spacial score (nSPS) is 13.2. The van der Waals surface area contributed by atoms with Gasteiger partial charge in [0.1, 0.15) is 5.69 Å². The maximum absolute atomic E-state index is 13.2. The van der Waals surface area contributed by atoms with Crippen LogP contribution in [0.2, 0.25) is 0 Å². The summed E-state index contributed by atoms with van der Waals surface area (Å²) >= 11 is 0. The minimum atomic E-state index is -4.56. The van der Waals surface area contributed by atoms with Gasteiger partial charge in [-0.1, -0.05) is 36.8 Å². The number of alkyl halides is 3. The smallest absolute Gasteiger partial charge is 0.346 e. The summed E-state index contributed by atoms with van der Waals surface area (Å²) in [4.78, 5) is 16.4. The Morgan fingerprint density at radius 3 is 2.52 bits per heavy atom. The molecule has 0 saturated heterocycles. The summed E-state index contributed by atoms with van der Waals surface area (Å²) in [5, 5.41) is 6.86. The van der Waals surface area contributed by atoms with E-state index in [0.29, 0.717) is 17.7 Å². The highest BCUT2D eigenvalue weighted by molar-refractivity contribution is 5.93. The van der Waals surface area contributed by atoms with E-state index in [2.05, 4.69) is 15.4 Å². The van der Waals surface area contributed by atoms with E-state index in [1.165, 1.54) is 12.2 Å². The molecule has 2 aromatic heterocycles. The zero-order chi connectivity index (χ0) is 21.2. The molecule has 8 heteroatoms. The van der Waals surface area contributed by atoms with Gasteiger partial charge < -0.3 is 5.32 Å². The fourth-order valence-corrected chi connectivity index (χ4v) is 3.08. The highest BCUT2D eigenvalue weighted by Gasteiger charge is 2.34. The van der Waals surface area contributed by atoms with Crippen LogP contribution in [0.4, 0.5) is 13.2 Å². The van der Waals surface area contributed by atoms with Crippen molar-refractivity contribution in [3.8, 4) is 0 Å². The fraction of sp³-hybridized carbons (Fsp3) is 0.286. The van der Waals surface area contributed by atoms with Crippen molar-refractivity contribution in [1.82, 2.24) is 19.9 Å². The van der Waals surface area contributed by atoms with Crippen molar-refractivity contribution < 1.29 is 18.0 Å². The number of amides is 1. The summed E-state index contributed by atoms with van der Waals surface area (Å²) in [6, 6.07) is 8.59. The molecule has 29 heavy (non-hydrogen) atoms. The Labute approximate surface area is 166 Å². The molecule has 3 rings (SSSR count). The Balaban J connectivity index is 1.84. The van der Waals surface area contributed by atoms with Gasteiger partial charge in [-0.15, -0.1) is 0 Å². The Kier molecular flexibility index (Phi) is 5.72. The van der Waals surface area contributed by atoms with Crippen molar-refractivity contribution in [3.05, 3.63) is 70.7 Å². The van der Waals surface area contributed by atoms with Crippen LogP contribution in [0, 0.1) is 13.8 Å². The summed E-state index contributed by atoms with van der Waals surface area (Å²) in [6.07, 6.45) is -0.0265. The van der Waals surface area contributed by atoms with Gasteiger partial charge in [-0.05, 0) is 38.0 Å². The summed E-state index contributed by atoms with van der Waals surface area (Å²) in [7, 11) is 0. The fourth-order valence-electron chi connectivity index (χ4n) is 3.08. The second-order valence-corrected chi connectivity index (χ2v) is 6.78. The van der Waals surface area contributed by atoms with Crippen LogP contribution >= 0.6 is 0 Å². The van der Waals surface area contributed by atoms with Gasteiger partial charge in [-0.25, -0.2) is 9.50 Å². The molecule has 152 valence electrons. The van der Waals surface area contributed by atoms with Crippen molar-refractivity contribution in [1.29, 1.82) is 0 Å². The molecule has 3 aromatic rings. The van der Waals surface area contributed by atoms with Crippen molar-refractivity contribution in [2.75, 3.05) is 0 Å². The van der Waals surface area contributed by atoms with Crippen molar-refractivity contribution in [3.63, 3.8) is 0 Å². The lowest BCUT2D eigenvalue weighted by Gasteiger charge is -2.16. The lowest BCUT2D eigenvalue weighted by molar-refractivity contribution is -0.142. The second kappa shape index (κ2) is 8.06. The topological polar surface area (TPSA) is 59.3 Å². The lowest BCUT2D eigenvalue weighted by Crippen LogP contribution is -2.26. The van der Waals surface area contributed by atoms with Crippen LogP contribution < -0.4 is 5.32 Å². The van der Waals surface area contributed by atoms with Crippen LogP contribution in [-0.2, 0) is 11.0 Å². The second-order valence-electron chi connectivity index (χ2n) is 6.78. The van der Waals surface area contributed by atoms with Crippen molar-refractivity contribution >= 4 is 17.6 Å². The Bertz CT molecular complexity index is 1050. The zero-order valence-corrected chi connectivity index (χ0v) is 16.3. The molecule has 1 N–H and O–H groups in total. The molecule has 0 aliphatic heterocycles. The van der Waals surface area contributed by atoms with E-state index < -0.39 is 11.9 Å². The van der Waals surface area contributed by atoms with Crippen LogP contribution in [0.1, 0.15) is 47.5 Å². The number of halogens is 3. The van der Waals surface area contributed by atoms with Crippen LogP contribution in [0.3, 0.4) is 0 Å².